The SMILES string of the molecule is CCCCCCCCC(CCCCCC(CCCCCCCC)C(=O)[O-])C(=O)[O-].[Na+].[Na+]. The van der Waals surface area contributed by atoms with Crippen LogP contribution in [0.15, 0.2) is 0 Å². The summed E-state index contributed by atoms with van der Waals surface area (Å²) >= 11 is 0. The third-order valence-corrected chi connectivity index (χ3v) is 6.08. The van der Waals surface area contributed by atoms with E-state index in [4.69, 9.17) is 0 Å². The molecule has 2 unspecified atom stereocenters. The van der Waals surface area contributed by atoms with Gasteiger partial charge in [0.05, 0.1) is 0 Å². The number of carbonyl (C=O) groups is 2. The second-order valence-corrected chi connectivity index (χ2v) is 8.78. The number of hydrogen-bond donors (Lipinski definition) is 0. The molecule has 172 valence electrons. The second-order valence-electron chi connectivity index (χ2n) is 8.78. The van der Waals surface area contributed by atoms with E-state index in [1.54, 1.807) is 0 Å². The van der Waals surface area contributed by atoms with Gasteiger partial charge in [-0.1, -0.05) is 110 Å². The Hall–Kier alpha value is 0.940. The van der Waals surface area contributed by atoms with Crippen LogP contribution in [-0.4, -0.2) is 11.9 Å². The summed E-state index contributed by atoms with van der Waals surface area (Å²) in [5, 5.41) is 22.7. The molecule has 0 saturated heterocycles. The molecular formula is C25H46Na2O4. The summed E-state index contributed by atoms with van der Waals surface area (Å²) in [7, 11) is 0. The van der Waals surface area contributed by atoms with Crippen LogP contribution in [0.4, 0.5) is 0 Å². The summed E-state index contributed by atoms with van der Waals surface area (Å²) in [6.45, 7) is 4.38. The van der Waals surface area contributed by atoms with Crippen LogP contribution in [0.5, 0.6) is 0 Å². The van der Waals surface area contributed by atoms with Gasteiger partial charge in [-0.2, -0.15) is 0 Å². The smallest absolute Gasteiger partial charge is 0.550 e. The first-order chi connectivity index (χ1) is 14.0. The van der Waals surface area contributed by atoms with Crippen molar-refractivity contribution in [3.8, 4) is 0 Å². The van der Waals surface area contributed by atoms with Crippen molar-refractivity contribution < 1.29 is 78.9 Å². The Morgan fingerprint density at radius 2 is 0.710 bits per heavy atom. The Kier molecular flexibility index (Phi) is 32.0. The molecule has 4 nitrogen and oxygen atoms in total. The average Bonchev–Trinajstić information content (AvgIpc) is 2.69. The van der Waals surface area contributed by atoms with Crippen LogP contribution in [0.3, 0.4) is 0 Å². The van der Waals surface area contributed by atoms with Crippen molar-refractivity contribution in [3.63, 3.8) is 0 Å². The molecule has 0 aromatic heterocycles. The van der Waals surface area contributed by atoms with E-state index in [1.807, 2.05) is 0 Å². The topological polar surface area (TPSA) is 80.3 Å². The molecule has 0 aromatic rings. The third kappa shape index (κ3) is 23.9. The largest absolute Gasteiger partial charge is 1.00 e. The van der Waals surface area contributed by atoms with E-state index in [-0.39, 0.29) is 71.0 Å². The third-order valence-electron chi connectivity index (χ3n) is 6.08. The van der Waals surface area contributed by atoms with Crippen molar-refractivity contribution in [3.05, 3.63) is 0 Å². The number of hydrogen-bond acceptors (Lipinski definition) is 4. The van der Waals surface area contributed by atoms with Crippen LogP contribution in [0.1, 0.15) is 136 Å². The van der Waals surface area contributed by atoms with Crippen molar-refractivity contribution in [2.45, 2.75) is 136 Å². The van der Waals surface area contributed by atoms with Gasteiger partial charge in [0.1, 0.15) is 0 Å². The van der Waals surface area contributed by atoms with Gasteiger partial charge < -0.3 is 19.8 Å². The number of carboxylic acids is 2. The van der Waals surface area contributed by atoms with Crippen LogP contribution in [0.2, 0.25) is 0 Å². The Balaban J connectivity index is -0.00000392. The minimum atomic E-state index is -0.922. The molecule has 0 fully saturated rings. The second kappa shape index (κ2) is 27.2. The number of rotatable bonds is 22. The predicted molar refractivity (Wildman–Crippen MR) is 116 cm³/mol. The summed E-state index contributed by atoms with van der Waals surface area (Å²) in [5.74, 6) is -2.54. The molecule has 0 radical (unpaired) electrons. The zero-order chi connectivity index (χ0) is 21.7. The molecule has 0 rings (SSSR count). The van der Waals surface area contributed by atoms with Crippen LogP contribution in [0, 0.1) is 11.8 Å². The molecule has 0 aliphatic rings. The first kappa shape index (κ1) is 36.5. The van der Waals surface area contributed by atoms with Crippen molar-refractivity contribution in [2.24, 2.45) is 11.8 Å². The standard InChI is InChI=1S/C25H48O4.2Na/c1-3-5-7-9-11-14-18-22(24(26)27)20-16-13-17-21-23(25(28)29)19-15-12-10-8-6-4-2;;/h22-23H,3-21H2,1-2H3,(H,26,27)(H,28,29);;/q;2*+1/p-2. The van der Waals surface area contributed by atoms with Gasteiger partial charge in [-0.25, -0.2) is 0 Å². The van der Waals surface area contributed by atoms with E-state index in [9.17, 15) is 19.8 Å². The molecule has 0 saturated carbocycles. The van der Waals surface area contributed by atoms with Gasteiger partial charge in [0, 0.05) is 11.9 Å². The van der Waals surface area contributed by atoms with Gasteiger partial charge in [-0.05, 0) is 37.5 Å². The van der Waals surface area contributed by atoms with Gasteiger partial charge in [0.2, 0.25) is 0 Å². The maximum absolute atomic E-state index is 11.3. The van der Waals surface area contributed by atoms with Gasteiger partial charge in [0.15, 0.2) is 0 Å². The summed E-state index contributed by atoms with van der Waals surface area (Å²) in [4.78, 5) is 22.7. The number of carbonyl (C=O) groups excluding carboxylic acids is 2. The zero-order valence-electron chi connectivity index (χ0n) is 21.2. The normalized spacial score (nSPS) is 12.5. The van der Waals surface area contributed by atoms with Crippen LogP contribution < -0.4 is 69.3 Å². The number of unbranched alkanes of at least 4 members (excludes halogenated alkanes) is 12. The minimum absolute atomic E-state index is 0. The molecule has 2 atom stereocenters. The van der Waals surface area contributed by atoms with Gasteiger partial charge >= 0.3 is 59.1 Å². The fourth-order valence-electron chi connectivity index (χ4n) is 4.06. The first-order valence-corrected chi connectivity index (χ1v) is 12.4. The molecule has 0 heterocycles. The molecule has 0 aliphatic carbocycles. The number of aliphatic carboxylic acids is 2. The molecule has 0 amide bonds. The number of carboxylic acid groups (broad SMARTS) is 2. The molecule has 0 aromatic carbocycles. The minimum Gasteiger partial charge on any atom is -0.550 e. The maximum Gasteiger partial charge on any atom is 1.00 e. The fraction of sp³-hybridized carbons (Fsp3) is 0.920. The molecular weight excluding hydrogens is 410 g/mol. The van der Waals surface area contributed by atoms with Crippen molar-refractivity contribution in [1.29, 1.82) is 0 Å². The average molecular weight is 457 g/mol. The first-order valence-electron chi connectivity index (χ1n) is 12.4. The van der Waals surface area contributed by atoms with Crippen LogP contribution >= 0.6 is 0 Å². The summed E-state index contributed by atoms with van der Waals surface area (Å²) in [6, 6.07) is 0. The quantitative estimate of drug-likeness (QED) is 0.157. The van der Waals surface area contributed by atoms with Crippen LogP contribution in [0.25, 0.3) is 0 Å². The Morgan fingerprint density at radius 1 is 0.484 bits per heavy atom. The summed E-state index contributed by atoms with van der Waals surface area (Å²) < 4.78 is 0. The van der Waals surface area contributed by atoms with E-state index in [2.05, 4.69) is 13.8 Å². The van der Waals surface area contributed by atoms with E-state index in [0.717, 1.165) is 44.9 Å². The van der Waals surface area contributed by atoms with E-state index in [0.29, 0.717) is 25.7 Å². The molecule has 0 bridgehead atoms. The Morgan fingerprint density at radius 3 is 0.968 bits per heavy atom. The monoisotopic (exact) mass is 456 g/mol. The Labute approximate surface area is 236 Å². The molecule has 0 aliphatic heterocycles. The predicted octanol–water partition coefficient (Wildman–Crippen LogP) is -0.822. The summed E-state index contributed by atoms with van der Waals surface area (Å²) in [6.07, 6.45) is 19.3. The molecule has 6 heteroatoms. The van der Waals surface area contributed by atoms with Crippen LogP contribution in [-0.2, 0) is 9.59 Å². The molecule has 0 N–H and O–H groups in total. The summed E-state index contributed by atoms with van der Waals surface area (Å²) in [5.41, 5.74) is 0. The fourth-order valence-corrected chi connectivity index (χ4v) is 4.06. The van der Waals surface area contributed by atoms with Crippen molar-refractivity contribution >= 4 is 11.9 Å². The van der Waals surface area contributed by atoms with Gasteiger partial charge in [0.25, 0.3) is 0 Å². The maximum atomic E-state index is 11.3. The van der Waals surface area contributed by atoms with Crippen molar-refractivity contribution in [1.82, 2.24) is 0 Å². The zero-order valence-corrected chi connectivity index (χ0v) is 25.2. The molecule has 0 spiro atoms. The molecule has 31 heavy (non-hydrogen) atoms. The van der Waals surface area contributed by atoms with E-state index in [1.165, 1.54) is 51.4 Å². The van der Waals surface area contributed by atoms with E-state index < -0.39 is 11.9 Å². The van der Waals surface area contributed by atoms with Gasteiger partial charge in [-0.3, -0.25) is 0 Å². The van der Waals surface area contributed by atoms with Gasteiger partial charge in [-0.15, -0.1) is 0 Å². The van der Waals surface area contributed by atoms with E-state index >= 15 is 0 Å². The Bertz CT molecular complexity index is 369. The van der Waals surface area contributed by atoms with Crippen molar-refractivity contribution in [2.75, 3.05) is 0 Å².